The zero-order chi connectivity index (χ0) is 14.9. The first-order valence-electron chi connectivity index (χ1n) is 8.14. The number of amides is 1. The Kier molecular flexibility index (Phi) is 6.74. The van der Waals surface area contributed by atoms with Crippen LogP contribution in [-0.4, -0.2) is 25.2 Å². The second kappa shape index (κ2) is 8.83. The summed E-state index contributed by atoms with van der Waals surface area (Å²) in [6.07, 6.45) is 8.38. The highest BCUT2D eigenvalue weighted by molar-refractivity contribution is 5.76. The van der Waals surface area contributed by atoms with Crippen molar-refractivity contribution in [3.63, 3.8) is 0 Å². The molecule has 0 radical (unpaired) electrons. The maximum Gasteiger partial charge on any atom is 0.220 e. The van der Waals surface area contributed by atoms with E-state index in [1.54, 1.807) is 7.11 Å². The fourth-order valence-corrected chi connectivity index (χ4v) is 3.00. The van der Waals surface area contributed by atoms with E-state index in [1.807, 2.05) is 6.07 Å². The van der Waals surface area contributed by atoms with Gasteiger partial charge < -0.3 is 10.1 Å². The summed E-state index contributed by atoms with van der Waals surface area (Å²) in [7, 11) is 1.77. The average molecular weight is 289 g/mol. The minimum absolute atomic E-state index is 0.212. The molecule has 21 heavy (non-hydrogen) atoms. The first kappa shape index (κ1) is 16.0. The molecule has 0 saturated heterocycles. The van der Waals surface area contributed by atoms with Crippen molar-refractivity contribution in [2.75, 3.05) is 7.11 Å². The molecule has 3 heteroatoms. The van der Waals surface area contributed by atoms with Gasteiger partial charge in [0, 0.05) is 19.6 Å². The van der Waals surface area contributed by atoms with Crippen LogP contribution in [0.5, 0.6) is 0 Å². The number of hydrogen-bond donors (Lipinski definition) is 1. The van der Waals surface area contributed by atoms with Crippen LogP contribution in [0.1, 0.15) is 50.5 Å². The number of methoxy groups -OCH3 is 1. The summed E-state index contributed by atoms with van der Waals surface area (Å²) in [5, 5.41) is 3.17. The lowest BCUT2D eigenvalue weighted by atomic mass is 9.93. The Morgan fingerprint density at radius 2 is 1.86 bits per heavy atom. The van der Waals surface area contributed by atoms with E-state index < -0.39 is 0 Å². The number of aryl methyl sites for hydroxylation is 1. The van der Waals surface area contributed by atoms with Gasteiger partial charge in [-0.1, -0.05) is 30.3 Å². The molecule has 116 valence electrons. The Morgan fingerprint density at radius 3 is 2.52 bits per heavy atom. The Hall–Kier alpha value is -1.35. The van der Waals surface area contributed by atoms with Crippen molar-refractivity contribution >= 4 is 5.91 Å². The molecule has 1 aliphatic carbocycles. The number of ether oxygens (including phenoxy) is 1. The van der Waals surface area contributed by atoms with Gasteiger partial charge in [0.2, 0.25) is 5.91 Å². The van der Waals surface area contributed by atoms with Gasteiger partial charge in [0.05, 0.1) is 6.10 Å². The van der Waals surface area contributed by atoms with Gasteiger partial charge in [-0.3, -0.25) is 4.79 Å². The number of nitrogens with one attached hydrogen (secondary N) is 1. The van der Waals surface area contributed by atoms with E-state index in [0.29, 0.717) is 18.6 Å². The van der Waals surface area contributed by atoms with Crippen molar-refractivity contribution < 1.29 is 9.53 Å². The molecule has 0 spiro atoms. The molecule has 1 N–H and O–H groups in total. The summed E-state index contributed by atoms with van der Waals surface area (Å²) in [6, 6.07) is 10.8. The van der Waals surface area contributed by atoms with Crippen LogP contribution in [0.25, 0.3) is 0 Å². The van der Waals surface area contributed by atoms with Crippen molar-refractivity contribution in [3.05, 3.63) is 35.9 Å². The third-order valence-electron chi connectivity index (χ3n) is 4.33. The van der Waals surface area contributed by atoms with E-state index in [-0.39, 0.29) is 5.91 Å². The Bertz CT molecular complexity index is 410. The zero-order valence-electron chi connectivity index (χ0n) is 13.0. The van der Waals surface area contributed by atoms with E-state index in [4.69, 9.17) is 4.74 Å². The predicted molar refractivity (Wildman–Crippen MR) is 85.2 cm³/mol. The fraction of sp³-hybridized carbons (Fsp3) is 0.611. The molecule has 1 saturated carbocycles. The summed E-state index contributed by atoms with van der Waals surface area (Å²) in [6.45, 7) is 0. The molecule has 0 bridgehead atoms. The first-order chi connectivity index (χ1) is 10.3. The highest BCUT2D eigenvalue weighted by Crippen LogP contribution is 2.20. The standard InChI is InChI=1S/C18H27NO2/c1-21-17-13-11-16(12-14-17)19-18(20)10-6-5-9-15-7-3-2-4-8-15/h2-4,7-8,16-17H,5-6,9-14H2,1H3,(H,19,20). The summed E-state index contributed by atoms with van der Waals surface area (Å²) in [5.74, 6) is 0.212. The van der Waals surface area contributed by atoms with Crippen molar-refractivity contribution in [1.82, 2.24) is 5.32 Å². The van der Waals surface area contributed by atoms with E-state index in [1.165, 1.54) is 5.56 Å². The number of carbonyl (C=O) groups excluding carboxylic acids is 1. The molecule has 1 aromatic rings. The number of rotatable bonds is 7. The highest BCUT2D eigenvalue weighted by Gasteiger charge is 2.21. The molecule has 0 heterocycles. The van der Waals surface area contributed by atoms with E-state index in [0.717, 1.165) is 44.9 Å². The molecule has 2 rings (SSSR count). The van der Waals surface area contributed by atoms with Crippen LogP contribution >= 0.6 is 0 Å². The maximum absolute atomic E-state index is 11.9. The minimum Gasteiger partial charge on any atom is -0.381 e. The topological polar surface area (TPSA) is 38.3 Å². The lowest BCUT2D eigenvalue weighted by Gasteiger charge is -2.28. The van der Waals surface area contributed by atoms with E-state index in [2.05, 4.69) is 29.6 Å². The normalized spacial score (nSPS) is 22.0. The summed E-state index contributed by atoms with van der Waals surface area (Å²) in [5.41, 5.74) is 1.36. The monoisotopic (exact) mass is 289 g/mol. The number of benzene rings is 1. The Morgan fingerprint density at radius 1 is 1.14 bits per heavy atom. The Labute approximate surface area is 128 Å². The van der Waals surface area contributed by atoms with E-state index >= 15 is 0 Å². The molecule has 0 unspecified atom stereocenters. The van der Waals surface area contributed by atoms with Gasteiger partial charge in [-0.25, -0.2) is 0 Å². The van der Waals surface area contributed by atoms with Gasteiger partial charge in [0.15, 0.2) is 0 Å². The van der Waals surface area contributed by atoms with Crippen molar-refractivity contribution in [3.8, 4) is 0 Å². The van der Waals surface area contributed by atoms with Crippen LogP contribution in [0.3, 0.4) is 0 Å². The maximum atomic E-state index is 11.9. The molecular formula is C18H27NO2. The Balaban J connectivity index is 1.56. The number of carbonyl (C=O) groups is 1. The third kappa shape index (κ3) is 5.88. The van der Waals surface area contributed by atoms with Crippen molar-refractivity contribution in [1.29, 1.82) is 0 Å². The molecule has 1 fully saturated rings. The molecule has 0 atom stereocenters. The van der Waals surface area contributed by atoms with E-state index in [9.17, 15) is 4.79 Å². The second-order valence-electron chi connectivity index (χ2n) is 5.97. The lowest BCUT2D eigenvalue weighted by Crippen LogP contribution is -2.38. The molecular weight excluding hydrogens is 262 g/mol. The van der Waals surface area contributed by atoms with Crippen LogP contribution < -0.4 is 5.32 Å². The summed E-state index contributed by atoms with van der Waals surface area (Å²) in [4.78, 5) is 11.9. The van der Waals surface area contributed by atoms with Crippen molar-refractivity contribution in [2.45, 2.75) is 63.5 Å². The molecule has 0 aromatic heterocycles. The smallest absolute Gasteiger partial charge is 0.220 e. The molecule has 1 amide bonds. The van der Waals surface area contributed by atoms with Crippen LogP contribution in [-0.2, 0) is 16.0 Å². The van der Waals surface area contributed by atoms with Crippen molar-refractivity contribution in [2.24, 2.45) is 0 Å². The largest absolute Gasteiger partial charge is 0.381 e. The first-order valence-corrected chi connectivity index (χ1v) is 8.14. The van der Waals surface area contributed by atoms with Crippen LogP contribution in [0.2, 0.25) is 0 Å². The molecule has 1 aromatic carbocycles. The summed E-state index contributed by atoms with van der Waals surface area (Å²) < 4.78 is 5.35. The van der Waals surface area contributed by atoms with Crippen LogP contribution in [0.15, 0.2) is 30.3 Å². The SMILES string of the molecule is COC1CCC(NC(=O)CCCCc2ccccc2)CC1. The van der Waals surface area contributed by atoms with Crippen LogP contribution in [0.4, 0.5) is 0 Å². The number of unbranched alkanes of at least 4 members (excludes halogenated alkanes) is 1. The lowest BCUT2D eigenvalue weighted by molar-refractivity contribution is -0.122. The quantitative estimate of drug-likeness (QED) is 0.781. The summed E-state index contributed by atoms with van der Waals surface area (Å²) >= 11 is 0. The molecule has 1 aliphatic rings. The van der Waals surface area contributed by atoms with Gasteiger partial charge in [-0.2, -0.15) is 0 Å². The highest BCUT2D eigenvalue weighted by atomic mass is 16.5. The predicted octanol–water partition coefficient (Wildman–Crippen LogP) is 3.47. The van der Waals surface area contributed by atoms with Gasteiger partial charge in [0.25, 0.3) is 0 Å². The van der Waals surface area contributed by atoms with Gasteiger partial charge in [-0.05, 0) is 50.5 Å². The fourth-order valence-electron chi connectivity index (χ4n) is 3.00. The second-order valence-corrected chi connectivity index (χ2v) is 5.97. The van der Waals surface area contributed by atoms with Gasteiger partial charge in [-0.15, -0.1) is 0 Å². The average Bonchev–Trinajstić information content (AvgIpc) is 2.53. The minimum atomic E-state index is 0.212. The molecule has 0 aliphatic heterocycles. The zero-order valence-corrected chi connectivity index (χ0v) is 13.0. The van der Waals surface area contributed by atoms with Gasteiger partial charge in [0.1, 0.15) is 0 Å². The van der Waals surface area contributed by atoms with Crippen LogP contribution in [0, 0.1) is 0 Å². The molecule has 3 nitrogen and oxygen atoms in total. The van der Waals surface area contributed by atoms with Gasteiger partial charge >= 0.3 is 0 Å². The third-order valence-corrected chi connectivity index (χ3v) is 4.33. The number of hydrogen-bond acceptors (Lipinski definition) is 2.